The lowest BCUT2D eigenvalue weighted by Gasteiger charge is -2.03. The first-order valence-corrected chi connectivity index (χ1v) is 10.3. The molecule has 4 rings (SSSR count). The fourth-order valence-corrected chi connectivity index (χ4v) is 4.07. The maximum Gasteiger partial charge on any atom is 0.257 e. The van der Waals surface area contributed by atoms with Crippen molar-refractivity contribution in [3.8, 4) is 22.8 Å². The van der Waals surface area contributed by atoms with Crippen LogP contribution >= 0.6 is 11.3 Å². The highest BCUT2D eigenvalue weighted by Gasteiger charge is 2.17. The maximum absolute atomic E-state index is 13.4. The zero-order chi connectivity index (χ0) is 22.7. The number of hydrogen-bond acceptors (Lipinski definition) is 7. The summed E-state index contributed by atoms with van der Waals surface area (Å²) in [7, 11) is 0. The van der Waals surface area contributed by atoms with Crippen LogP contribution in [0.3, 0.4) is 0 Å². The van der Waals surface area contributed by atoms with Gasteiger partial charge in [-0.05, 0) is 65.3 Å². The van der Waals surface area contributed by atoms with E-state index in [0.29, 0.717) is 28.5 Å². The molecule has 0 saturated carbocycles. The second-order valence-electron chi connectivity index (χ2n) is 6.89. The monoisotopic (exact) mass is 449 g/mol. The van der Waals surface area contributed by atoms with Gasteiger partial charge >= 0.3 is 0 Å². The molecule has 1 aromatic heterocycles. The number of hydrogen-bond donors (Lipinski definition) is 3. The Morgan fingerprint density at radius 2 is 1.72 bits per heavy atom. The highest BCUT2D eigenvalue weighted by atomic mass is 32.1. The molecule has 32 heavy (non-hydrogen) atoms. The summed E-state index contributed by atoms with van der Waals surface area (Å²) in [6, 6.07) is 16.4. The third kappa shape index (κ3) is 4.62. The number of nitrogens with one attached hydrogen (secondary N) is 1. The van der Waals surface area contributed by atoms with Gasteiger partial charge in [-0.2, -0.15) is 0 Å². The number of rotatable bonds is 6. The molecule has 9 heteroatoms. The van der Waals surface area contributed by atoms with E-state index in [2.05, 4.69) is 15.5 Å². The number of aromatic nitrogens is 1. The summed E-state index contributed by atoms with van der Waals surface area (Å²) in [6.45, 7) is 0. The number of thiazole rings is 1. The van der Waals surface area contributed by atoms with Gasteiger partial charge in [0.25, 0.3) is 5.91 Å². The molecule has 0 aliphatic carbocycles. The third-order valence-corrected chi connectivity index (χ3v) is 5.65. The Hall–Kier alpha value is -4.11. The summed E-state index contributed by atoms with van der Waals surface area (Å²) in [5.41, 5.74) is 2.66. The Morgan fingerprint density at radius 1 is 1.00 bits per heavy atom. The zero-order valence-corrected chi connectivity index (χ0v) is 17.3. The molecule has 0 atom stereocenters. The number of amides is 1. The average Bonchev–Trinajstić information content (AvgIpc) is 3.18. The quantitative estimate of drug-likeness (QED) is 0.262. The van der Waals surface area contributed by atoms with E-state index in [1.807, 2.05) is 0 Å². The lowest BCUT2D eigenvalue weighted by atomic mass is 10.1. The third-order valence-electron chi connectivity index (χ3n) is 4.68. The van der Waals surface area contributed by atoms with Crippen LogP contribution in [-0.2, 0) is 6.42 Å². The molecule has 1 heterocycles. The van der Waals surface area contributed by atoms with E-state index in [9.17, 15) is 24.3 Å². The molecule has 1 amide bonds. The predicted molar refractivity (Wildman–Crippen MR) is 120 cm³/mol. The Balaban J connectivity index is 1.66. The number of phenolic OH excluding ortho intramolecular Hbond substituents is 2. The van der Waals surface area contributed by atoms with Crippen molar-refractivity contribution in [3.05, 3.63) is 93.5 Å². The van der Waals surface area contributed by atoms with Crippen LogP contribution in [0.25, 0.3) is 11.3 Å². The number of halogens is 1. The van der Waals surface area contributed by atoms with Gasteiger partial charge < -0.3 is 10.2 Å². The molecule has 0 spiro atoms. The molecule has 4 aromatic rings. The first kappa shape index (κ1) is 21.1. The van der Waals surface area contributed by atoms with Gasteiger partial charge in [0.1, 0.15) is 11.5 Å². The van der Waals surface area contributed by atoms with Gasteiger partial charge in [0, 0.05) is 22.4 Å². The number of anilines is 1. The Labute approximate surface area is 185 Å². The highest BCUT2D eigenvalue weighted by molar-refractivity contribution is 7.16. The molecule has 7 nitrogen and oxygen atoms in total. The molecule has 0 saturated heterocycles. The summed E-state index contributed by atoms with van der Waals surface area (Å²) in [5.74, 6) is -1.61. The minimum atomic E-state index is -0.507. The van der Waals surface area contributed by atoms with Crippen molar-refractivity contribution in [3.63, 3.8) is 0 Å². The number of phenols is 2. The summed E-state index contributed by atoms with van der Waals surface area (Å²) < 4.78 is 13.4. The average molecular weight is 449 g/mol. The highest BCUT2D eigenvalue weighted by Crippen LogP contribution is 2.34. The van der Waals surface area contributed by atoms with Crippen molar-refractivity contribution < 1.29 is 19.4 Å². The van der Waals surface area contributed by atoms with E-state index in [4.69, 9.17) is 0 Å². The van der Waals surface area contributed by atoms with Crippen molar-refractivity contribution >= 4 is 28.1 Å². The normalized spacial score (nSPS) is 10.7. The number of nitrogens with zero attached hydrogens (tertiary/aromatic N) is 2. The predicted octanol–water partition coefficient (Wildman–Crippen LogP) is 5.60. The number of benzene rings is 3. The first-order chi connectivity index (χ1) is 15.4. The SMILES string of the molecule is O=Nc1ccc(Cc2sc(NC(=O)c3ccc(O)c(O)c3)nc2-c2ccc(F)cc2)cc1. The number of carbonyl (C=O) groups excluding carboxylic acids is 1. The first-order valence-electron chi connectivity index (χ1n) is 9.44. The second kappa shape index (κ2) is 8.94. The molecule has 3 N–H and O–H groups in total. The van der Waals surface area contributed by atoms with Gasteiger partial charge in [-0.3, -0.25) is 10.1 Å². The van der Waals surface area contributed by atoms with Crippen LogP contribution in [0.1, 0.15) is 20.8 Å². The Bertz CT molecular complexity index is 1290. The standard InChI is InChI=1S/C23H16FN3O4S/c24-16-6-3-14(4-7-16)21-20(11-13-1-8-17(27-31)9-2-13)32-23(25-21)26-22(30)15-5-10-18(28)19(29)12-15/h1-10,12,28-29H,11H2,(H,25,26,30). The molecular formula is C23H16FN3O4S. The lowest BCUT2D eigenvalue weighted by Crippen LogP contribution is -2.11. The lowest BCUT2D eigenvalue weighted by molar-refractivity contribution is 0.102. The maximum atomic E-state index is 13.4. The van der Waals surface area contributed by atoms with Crippen molar-refractivity contribution in [2.24, 2.45) is 5.18 Å². The summed E-state index contributed by atoms with van der Waals surface area (Å²) in [4.78, 5) is 28.6. The van der Waals surface area contributed by atoms with Gasteiger partial charge in [-0.15, -0.1) is 16.2 Å². The van der Waals surface area contributed by atoms with E-state index < -0.39 is 11.7 Å². The number of carbonyl (C=O) groups is 1. The zero-order valence-electron chi connectivity index (χ0n) is 16.4. The van der Waals surface area contributed by atoms with Crippen LogP contribution in [0.5, 0.6) is 11.5 Å². The molecule has 0 fully saturated rings. The van der Waals surface area contributed by atoms with Crippen LogP contribution in [0.4, 0.5) is 15.2 Å². The van der Waals surface area contributed by atoms with Gasteiger partial charge in [0.2, 0.25) is 0 Å². The molecule has 0 unspecified atom stereocenters. The minimum absolute atomic E-state index is 0.150. The summed E-state index contributed by atoms with van der Waals surface area (Å²) in [6.07, 6.45) is 0.472. The number of aromatic hydroxyl groups is 2. The molecule has 0 radical (unpaired) electrons. The van der Waals surface area contributed by atoms with Crippen molar-refractivity contribution in [1.29, 1.82) is 0 Å². The fraction of sp³-hybridized carbons (Fsp3) is 0.0435. The van der Waals surface area contributed by atoms with Gasteiger partial charge in [0.15, 0.2) is 16.6 Å². The largest absolute Gasteiger partial charge is 0.504 e. The topological polar surface area (TPSA) is 112 Å². The Morgan fingerprint density at radius 3 is 2.38 bits per heavy atom. The van der Waals surface area contributed by atoms with E-state index in [1.54, 1.807) is 36.4 Å². The van der Waals surface area contributed by atoms with Crippen molar-refractivity contribution in [1.82, 2.24) is 4.98 Å². The van der Waals surface area contributed by atoms with Crippen LogP contribution in [0.2, 0.25) is 0 Å². The molecule has 3 aromatic carbocycles. The Kier molecular flexibility index (Phi) is 5.91. The van der Waals surface area contributed by atoms with Crippen LogP contribution < -0.4 is 5.32 Å². The van der Waals surface area contributed by atoms with Gasteiger partial charge in [-0.25, -0.2) is 9.37 Å². The van der Waals surface area contributed by atoms with E-state index in [0.717, 1.165) is 16.5 Å². The smallest absolute Gasteiger partial charge is 0.257 e. The number of nitroso groups, excluding NO2 is 1. The van der Waals surface area contributed by atoms with Crippen molar-refractivity contribution in [2.75, 3.05) is 5.32 Å². The summed E-state index contributed by atoms with van der Waals surface area (Å²) >= 11 is 1.26. The fourth-order valence-electron chi connectivity index (χ4n) is 3.05. The van der Waals surface area contributed by atoms with Crippen LogP contribution in [0, 0.1) is 10.7 Å². The van der Waals surface area contributed by atoms with Crippen molar-refractivity contribution in [2.45, 2.75) is 6.42 Å². The molecule has 0 bridgehead atoms. The van der Waals surface area contributed by atoms with Gasteiger partial charge in [-0.1, -0.05) is 12.1 Å². The molecular weight excluding hydrogens is 433 g/mol. The van der Waals surface area contributed by atoms with E-state index >= 15 is 0 Å². The second-order valence-corrected chi connectivity index (χ2v) is 7.97. The molecule has 0 aliphatic rings. The van der Waals surface area contributed by atoms with E-state index in [-0.39, 0.29) is 17.1 Å². The molecule has 160 valence electrons. The van der Waals surface area contributed by atoms with Gasteiger partial charge in [0.05, 0.1) is 5.69 Å². The summed E-state index contributed by atoms with van der Waals surface area (Å²) in [5, 5.41) is 25.0. The molecule has 0 aliphatic heterocycles. The van der Waals surface area contributed by atoms with Crippen LogP contribution in [-0.4, -0.2) is 21.1 Å². The van der Waals surface area contributed by atoms with E-state index in [1.165, 1.54) is 35.6 Å². The minimum Gasteiger partial charge on any atom is -0.504 e. The van der Waals surface area contributed by atoms with Crippen LogP contribution in [0.15, 0.2) is 71.9 Å².